The minimum Gasteiger partial charge on any atom is -0.329 e. The molecule has 0 rings (SSSR count). The molecule has 148 valence electrons. The van der Waals surface area contributed by atoms with E-state index < -0.39 is 22.4 Å². The molecular weight excluding hydrogens is 345 g/mol. The van der Waals surface area contributed by atoms with Crippen molar-refractivity contribution in [3.63, 3.8) is 0 Å². The van der Waals surface area contributed by atoms with Gasteiger partial charge in [0.15, 0.2) is 0 Å². The lowest BCUT2D eigenvalue weighted by atomic mass is 9.91. The summed E-state index contributed by atoms with van der Waals surface area (Å²) >= 11 is 0. The van der Waals surface area contributed by atoms with Gasteiger partial charge in [0.1, 0.15) is 0 Å². The van der Waals surface area contributed by atoms with Crippen molar-refractivity contribution < 1.29 is 19.5 Å². The second-order valence-corrected chi connectivity index (χ2v) is 12.4. The Bertz CT molecular complexity index is 353. The first-order valence-corrected chi connectivity index (χ1v) is 13.3. The summed E-state index contributed by atoms with van der Waals surface area (Å²) in [6.07, 6.45) is 11.5. The number of unbranched alkanes of at least 4 members (excludes halogenated alkanes) is 6. The molecule has 0 spiro atoms. The molecule has 0 aromatic heterocycles. The Labute approximate surface area is 151 Å². The largest absolute Gasteiger partial charge is 0.329 e. The summed E-state index contributed by atoms with van der Waals surface area (Å²) in [5, 5.41) is 0. The minimum absolute atomic E-state index is 0.451. The molecule has 0 fully saturated rings. The summed E-state index contributed by atoms with van der Waals surface area (Å²) in [7, 11) is -0.853. The van der Waals surface area contributed by atoms with E-state index in [9.17, 15) is 14.7 Å². The molecule has 7 heteroatoms. The number of rotatable bonds is 15. The van der Waals surface area contributed by atoms with Gasteiger partial charge >= 0.3 is 0 Å². The maximum absolute atomic E-state index is 9.82. The lowest BCUT2D eigenvalue weighted by Crippen LogP contribution is -2.41. The molecule has 5 nitrogen and oxygen atoms in total. The third-order valence-corrected chi connectivity index (χ3v) is 9.88. The molecule has 0 saturated carbocycles. The van der Waals surface area contributed by atoms with Crippen LogP contribution in [-0.2, 0) is 14.9 Å². The summed E-state index contributed by atoms with van der Waals surface area (Å²) in [4.78, 5) is 34.9. The van der Waals surface area contributed by atoms with Gasteiger partial charge < -0.3 is 14.7 Å². The number of nitrogens with two attached hydrogens (primary N) is 1. The predicted octanol–water partition coefficient (Wildman–Crippen LogP) is 4.24. The second kappa shape index (κ2) is 13.7. The molecule has 0 bridgehead atoms. The molecule has 0 amide bonds. The fourth-order valence-electron chi connectivity index (χ4n) is 2.99. The van der Waals surface area contributed by atoms with Crippen LogP contribution in [0.4, 0.5) is 0 Å². The van der Waals surface area contributed by atoms with Crippen LogP contribution in [0, 0.1) is 0 Å². The molecule has 1 atom stereocenters. The van der Waals surface area contributed by atoms with E-state index in [4.69, 9.17) is 10.7 Å². The molecule has 0 saturated heterocycles. The number of hydrogen-bond acceptors (Lipinski definition) is 2. The van der Waals surface area contributed by atoms with E-state index in [2.05, 4.69) is 13.8 Å². The molecule has 0 aliphatic rings. The summed E-state index contributed by atoms with van der Waals surface area (Å²) in [5.74, 6) is 6.75. The van der Waals surface area contributed by atoms with Gasteiger partial charge in [0.2, 0.25) is 0 Å². The molecule has 24 heavy (non-hydrogen) atoms. The number of hydrogen-bond donors (Lipinski definition) is 4. The highest BCUT2D eigenvalue weighted by atomic mass is 32.5. The van der Waals surface area contributed by atoms with E-state index in [1.807, 2.05) is 6.92 Å². The quantitative estimate of drug-likeness (QED) is 0.192. The van der Waals surface area contributed by atoms with Crippen molar-refractivity contribution in [3.05, 3.63) is 0 Å². The normalized spacial score (nSPS) is 14.1. The molecule has 5 N–H and O–H groups in total. The van der Waals surface area contributed by atoms with Gasteiger partial charge in [0.25, 0.3) is 6.72 Å². The van der Waals surface area contributed by atoms with Gasteiger partial charge in [-0.15, -0.1) is 10.1 Å². The Morgan fingerprint density at radius 1 is 0.833 bits per heavy atom. The lowest BCUT2D eigenvalue weighted by Gasteiger charge is -2.34. The van der Waals surface area contributed by atoms with Crippen LogP contribution in [0.15, 0.2) is 0 Å². The van der Waals surface area contributed by atoms with Crippen molar-refractivity contribution >= 4 is 16.8 Å². The highest BCUT2D eigenvalue weighted by Crippen LogP contribution is 2.40. The van der Waals surface area contributed by atoms with Gasteiger partial charge in [-0.3, -0.25) is 4.84 Å². The minimum atomic E-state index is -3.85. The topological polar surface area (TPSA) is 95.9 Å². The van der Waals surface area contributed by atoms with Crippen molar-refractivity contribution in [2.24, 2.45) is 5.90 Å². The first kappa shape index (κ1) is 24.6. The SMILES string of the molecule is CCCCCCC(CCCCCC)(CS(CCC)=P(O)(O)O)ON. The van der Waals surface area contributed by atoms with Crippen LogP contribution in [-0.4, -0.2) is 31.8 Å². The van der Waals surface area contributed by atoms with E-state index >= 15 is 0 Å². The predicted molar refractivity (Wildman–Crippen MR) is 106 cm³/mol. The van der Waals surface area contributed by atoms with Crippen molar-refractivity contribution in [2.75, 3.05) is 11.5 Å². The van der Waals surface area contributed by atoms with E-state index in [-0.39, 0.29) is 0 Å². The molecule has 0 heterocycles. The zero-order chi connectivity index (χ0) is 18.5. The van der Waals surface area contributed by atoms with Crippen LogP contribution in [0.1, 0.15) is 91.4 Å². The van der Waals surface area contributed by atoms with Gasteiger partial charge in [-0.2, -0.15) is 0 Å². The van der Waals surface area contributed by atoms with Crippen LogP contribution in [0.5, 0.6) is 0 Å². The van der Waals surface area contributed by atoms with Gasteiger partial charge in [-0.25, -0.2) is 5.90 Å². The Morgan fingerprint density at radius 3 is 1.67 bits per heavy atom. The molecule has 0 aromatic rings. The first-order valence-electron chi connectivity index (χ1n) is 9.48. The smallest absolute Gasteiger partial charge is 0.277 e. The molecule has 0 aliphatic carbocycles. The average Bonchev–Trinajstić information content (AvgIpc) is 2.54. The maximum atomic E-state index is 9.82. The molecule has 0 radical (unpaired) electrons. The van der Waals surface area contributed by atoms with Crippen LogP contribution >= 0.6 is 6.72 Å². The van der Waals surface area contributed by atoms with Crippen molar-refractivity contribution in [2.45, 2.75) is 97.0 Å². The standard InChI is InChI=1S/C17H40NO4PS/c1-4-7-9-11-13-17(22-18,14-12-10-8-5-2)16-24(15-6-3)23(19,20)21/h19-21H,4-16,18H2,1-3H3. The first-order chi connectivity index (χ1) is 11.3. The maximum Gasteiger partial charge on any atom is 0.277 e. The zero-order valence-corrected chi connectivity index (χ0v) is 17.6. The monoisotopic (exact) mass is 385 g/mol. The van der Waals surface area contributed by atoms with E-state index in [0.29, 0.717) is 11.5 Å². The van der Waals surface area contributed by atoms with Crippen LogP contribution < -0.4 is 5.90 Å². The van der Waals surface area contributed by atoms with E-state index in [0.717, 1.165) is 44.9 Å². The van der Waals surface area contributed by atoms with Crippen LogP contribution in [0.2, 0.25) is 0 Å². The van der Waals surface area contributed by atoms with Gasteiger partial charge in [-0.05, 0) is 25.0 Å². The Hall–Kier alpha value is 0.580. The summed E-state index contributed by atoms with van der Waals surface area (Å²) in [6, 6.07) is 0. The second-order valence-electron chi connectivity index (χ2n) is 6.75. The Balaban J connectivity index is 5.09. The molecule has 0 aromatic carbocycles. The zero-order valence-electron chi connectivity index (χ0n) is 15.9. The lowest BCUT2D eigenvalue weighted by molar-refractivity contribution is -0.0454. The van der Waals surface area contributed by atoms with E-state index in [1.54, 1.807) is 0 Å². The Kier molecular flexibility index (Phi) is 14.1. The van der Waals surface area contributed by atoms with Gasteiger partial charge in [0, 0.05) is 5.75 Å². The van der Waals surface area contributed by atoms with Crippen LogP contribution in [0.25, 0.3) is 0 Å². The summed E-state index contributed by atoms with van der Waals surface area (Å²) in [6.45, 7) is 2.50. The third kappa shape index (κ3) is 10.5. The van der Waals surface area contributed by atoms with Crippen molar-refractivity contribution in [1.29, 1.82) is 0 Å². The van der Waals surface area contributed by atoms with Gasteiger partial charge in [0.05, 0.1) is 5.60 Å². The van der Waals surface area contributed by atoms with Crippen molar-refractivity contribution in [1.82, 2.24) is 0 Å². The Morgan fingerprint density at radius 2 is 1.33 bits per heavy atom. The average molecular weight is 386 g/mol. The van der Waals surface area contributed by atoms with Crippen molar-refractivity contribution in [3.8, 4) is 0 Å². The highest BCUT2D eigenvalue weighted by molar-refractivity contribution is 8.27. The fourth-order valence-corrected chi connectivity index (χ4v) is 7.50. The highest BCUT2D eigenvalue weighted by Gasteiger charge is 2.33. The van der Waals surface area contributed by atoms with Crippen LogP contribution in [0.3, 0.4) is 0 Å². The fraction of sp³-hybridized carbons (Fsp3) is 1.00. The third-order valence-electron chi connectivity index (χ3n) is 4.44. The molecular formula is C17H40NO4PS. The summed E-state index contributed by atoms with van der Waals surface area (Å²) in [5.41, 5.74) is -0.542. The molecule has 0 aliphatic heterocycles. The molecule has 1 unspecified atom stereocenters. The summed E-state index contributed by atoms with van der Waals surface area (Å²) < 4.78 is 0. The van der Waals surface area contributed by atoms with Gasteiger partial charge in [-0.1, -0.05) is 72.1 Å². The van der Waals surface area contributed by atoms with E-state index in [1.165, 1.54) is 25.7 Å².